The molecule has 2 aliphatic rings. The number of hydrogen-bond donors (Lipinski definition) is 0. The van der Waals surface area contributed by atoms with Gasteiger partial charge in [-0.1, -0.05) is 18.2 Å². The first kappa shape index (κ1) is 19.0. The lowest BCUT2D eigenvalue weighted by Crippen LogP contribution is -2.50. The summed E-state index contributed by atoms with van der Waals surface area (Å²) in [5, 5.41) is 1.14. The number of furan rings is 1. The number of anilines is 1. The molecule has 1 aromatic heterocycles. The number of carbonyl (C=O) groups is 1. The Bertz CT molecular complexity index is 1060. The van der Waals surface area contributed by atoms with Crippen molar-refractivity contribution < 1.29 is 13.9 Å². The van der Waals surface area contributed by atoms with Gasteiger partial charge in [-0.3, -0.25) is 4.79 Å². The number of nitrogens with zero attached hydrogens (tertiary/aromatic N) is 2. The first-order chi connectivity index (χ1) is 14.7. The molecule has 0 spiro atoms. The van der Waals surface area contributed by atoms with Gasteiger partial charge in [0.1, 0.15) is 17.1 Å². The zero-order valence-corrected chi connectivity index (χ0v) is 17.5. The highest BCUT2D eigenvalue weighted by molar-refractivity contribution is 5.84. The predicted molar refractivity (Wildman–Crippen MR) is 118 cm³/mol. The van der Waals surface area contributed by atoms with Crippen LogP contribution < -0.4 is 9.64 Å². The number of ether oxygens (including phenoxy) is 1. The van der Waals surface area contributed by atoms with Crippen molar-refractivity contribution in [1.82, 2.24) is 4.90 Å². The third-order valence-electron chi connectivity index (χ3n) is 6.38. The lowest BCUT2D eigenvalue weighted by Gasteiger charge is -2.36. The van der Waals surface area contributed by atoms with E-state index in [1.807, 2.05) is 23.1 Å². The summed E-state index contributed by atoms with van der Waals surface area (Å²) in [7, 11) is 0. The van der Waals surface area contributed by atoms with E-state index in [4.69, 9.17) is 9.15 Å². The second-order valence-electron chi connectivity index (χ2n) is 8.31. The predicted octanol–water partition coefficient (Wildman–Crippen LogP) is 4.35. The quantitative estimate of drug-likeness (QED) is 0.649. The summed E-state index contributed by atoms with van der Waals surface area (Å²) in [5.41, 5.74) is 4.78. The molecule has 2 heterocycles. The van der Waals surface area contributed by atoms with Crippen LogP contribution in [0.1, 0.15) is 29.7 Å². The Hall–Kier alpha value is -2.95. The maximum absolute atomic E-state index is 12.7. The Morgan fingerprint density at radius 3 is 2.67 bits per heavy atom. The first-order valence-electron chi connectivity index (χ1n) is 10.9. The molecular weight excluding hydrogens is 376 g/mol. The van der Waals surface area contributed by atoms with E-state index in [9.17, 15) is 4.79 Å². The molecule has 0 bridgehead atoms. The number of fused-ring (bicyclic) bond motifs is 3. The zero-order valence-electron chi connectivity index (χ0n) is 17.5. The SMILES string of the molecule is Cc1ccccc1N1CCN(C(=O)COc2ccc3oc4c(c3c2)CCCC4)CC1. The van der Waals surface area contributed by atoms with Crippen LogP contribution in [0.3, 0.4) is 0 Å². The molecule has 1 aliphatic heterocycles. The highest BCUT2D eigenvalue weighted by Crippen LogP contribution is 2.34. The van der Waals surface area contributed by atoms with E-state index in [1.165, 1.54) is 29.7 Å². The number of rotatable bonds is 4. The average molecular weight is 405 g/mol. The number of hydrogen-bond acceptors (Lipinski definition) is 4. The molecule has 0 radical (unpaired) electrons. The minimum absolute atomic E-state index is 0.0498. The van der Waals surface area contributed by atoms with Gasteiger partial charge in [0.2, 0.25) is 0 Å². The van der Waals surface area contributed by atoms with Crippen LogP contribution in [0, 0.1) is 6.92 Å². The second-order valence-corrected chi connectivity index (χ2v) is 8.31. The first-order valence-corrected chi connectivity index (χ1v) is 10.9. The van der Waals surface area contributed by atoms with Crippen LogP contribution in [0.5, 0.6) is 5.75 Å². The summed E-state index contributed by atoms with van der Waals surface area (Å²) in [5.74, 6) is 1.91. The van der Waals surface area contributed by atoms with E-state index < -0.39 is 0 Å². The molecular formula is C25H28N2O3. The van der Waals surface area contributed by atoms with Crippen LogP contribution in [0.2, 0.25) is 0 Å². The highest BCUT2D eigenvalue weighted by Gasteiger charge is 2.23. The Labute approximate surface area is 177 Å². The molecule has 1 amide bonds. The largest absolute Gasteiger partial charge is 0.484 e. The smallest absolute Gasteiger partial charge is 0.260 e. The van der Waals surface area contributed by atoms with Crippen molar-refractivity contribution >= 4 is 22.6 Å². The van der Waals surface area contributed by atoms with Crippen molar-refractivity contribution in [3.63, 3.8) is 0 Å². The topological polar surface area (TPSA) is 45.9 Å². The molecule has 3 aromatic rings. The van der Waals surface area contributed by atoms with Crippen molar-refractivity contribution in [1.29, 1.82) is 0 Å². The monoisotopic (exact) mass is 404 g/mol. The molecule has 0 saturated carbocycles. The van der Waals surface area contributed by atoms with E-state index in [-0.39, 0.29) is 12.5 Å². The standard InChI is InChI=1S/C25H28N2O3/c1-18-6-2-4-8-22(18)26-12-14-27(15-13-26)25(28)17-29-19-10-11-24-21(16-19)20-7-3-5-9-23(20)30-24/h2,4,6,8,10-11,16H,3,5,7,9,12-15,17H2,1H3. The summed E-state index contributed by atoms with van der Waals surface area (Å²) in [4.78, 5) is 17.0. The fourth-order valence-electron chi connectivity index (χ4n) is 4.68. The van der Waals surface area contributed by atoms with Gasteiger partial charge in [-0.2, -0.15) is 0 Å². The second kappa shape index (κ2) is 8.05. The molecule has 2 aromatic carbocycles. The van der Waals surface area contributed by atoms with Crippen molar-refractivity contribution in [3.05, 3.63) is 59.4 Å². The lowest BCUT2D eigenvalue weighted by atomic mass is 9.96. The van der Waals surface area contributed by atoms with Gasteiger partial charge in [-0.25, -0.2) is 0 Å². The van der Waals surface area contributed by atoms with E-state index in [1.54, 1.807) is 0 Å². The number of piperazine rings is 1. The van der Waals surface area contributed by atoms with E-state index in [0.29, 0.717) is 0 Å². The maximum atomic E-state index is 12.7. The molecule has 0 atom stereocenters. The molecule has 5 nitrogen and oxygen atoms in total. The van der Waals surface area contributed by atoms with Gasteiger partial charge in [0.15, 0.2) is 6.61 Å². The van der Waals surface area contributed by atoms with Crippen LogP contribution in [0.15, 0.2) is 46.9 Å². The molecule has 1 saturated heterocycles. The van der Waals surface area contributed by atoms with Crippen LogP contribution >= 0.6 is 0 Å². The van der Waals surface area contributed by atoms with Crippen molar-refractivity contribution in [3.8, 4) is 5.75 Å². The van der Waals surface area contributed by atoms with Gasteiger partial charge >= 0.3 is 0 Å². The minimum Gasteiger partial charge on any atom is -0.484 e. The van der Waals surface area contributed by atoms with Gasteiger partial charge in [0, 0.05) is 49.2 Å². The van der Waals surface area contributed by atoms with Crippen molar-refractivity contribution in [2.45, 2.75) is 32.6 Å². The summed E-state index contributed by atoms with van der Waals surface area (Å²) in [6, 6.07) is 14.3. The molecule has 0 N–H and O–H groups in total. The van der Waals surface area contributed by atoms with Crippen LogP contribution in [-0.4, -0.2) is 43.6 Å². The fourth-order valence-corrected chi connectivity index (χ4v) is 4.68. The normalized spacial score (nSPS) is 16.6. The molecule has 0 unspecified atom stereocenters. The fraction of sp³-hybridized carbons (Fsp3) is 0.400. The van der Waals surface area contributed by atoms with Gasteiger partial charge in [0.05, 0.1) is 0 Å². The molecule has 30 heavy (non-hydrogen) atoms. The van der Waals surface area contributed by atoms with Gasteiger partial charge < -0.3 is 19.0 Å². The Morgan fingerprint density at radius 2 is 1.83 bits per heavy atom. The molecule has 156 valence electrons. The van der Waals surface area contributed by atoms with Crippen molar-refractivity contribution in [2.24, 2.45) is 0 Å². The van der Waals surface area contributed by atoms with Crippen molar-refractivity contribution in [2.75, 3.05) is 37.7 Å². The summed E-state index contributed by atoms with van der Waals surface area (Å²) < 4.78 is 11.9. The van der Waals surface area contributed by atoms with E-state index in [0.717, 1.165) is 61.5 Å². The number of carbonyl (C=O) groups excluding carboxylic acids is 1. The minimum atomic E-state index is 0.0498. The van der Waals surface area contributed by atoms with Gasteiger partial charge in [0.25, 0.3) is 5.91 Å². The number of aryl methyl sites for hydroxylation is 3. The Kier molecular flexibility index (Phi) is 5.11. The zero-order chi connectivity index (χ0) is 20.5. The summed E-state index contributed by atoms with van der Waals surface area (Å²) in [6.45, 7) is 5.37. The van der Waals surface area contributed by atoms with Gasteiger partial charge in [-0.05, 0) is 56.0 Å². The van der Waals surface area contributed by atoms with Crippen LogP contribution in [0.4, 0.5) is 5.69 Å². The summed E-state index contributed by atoms with van der Waals surface area (Å²) >= 11 is 0. The maximum Gasteiger partial charge on any atom is 0.260 e. The van der Waals surface area contributed by atoms with Gasteiger partial charge in [-0.15, -0.1) is 0 Å². The third kappa shape index (κ3) is 3.64. The molecule has 1 aliphatic carbocycles. The average Bonchev–Trinajstić information content (AvgIpc) is 3.16. The van der Waals surface area contributed by atoms with E-state index in [2.05, 4.69) is 36.1 Å². The number of amides is 1. The van der Waals surface area contributed by atoms with Crippen LogP contribution in [0.25, 0.3) is 11.0 Å². The Morgan fingerprint density at radius 1 is 1.03 bits per heavy atom. The highest BCUT2D eigenvalue weighted by atomic mass is 16.5. The number of benzene rings is 2. The van der Waals surface area contributed by atoms with Crippen LogP contribution in [-0.2, 0) is 17.6 Å². The molecule has 5 rings (SSSR count). The number of para-hydroxylation sites is 1. The Balaban J connectivity index is 1.19. The third-order valence-corrected chi connectivity index (χ3v) is 6.38. The van der Waals surface area contributed by atoms with E-state index >= 15 is 0 Å². The summed E-state index contributed by atoms with van der Waals surface area (Å²) in [6.07, 6.45) is 4.49. The molecule has 5 heteroatoms. The molecule has 1 fully saturated rings. The lowest BCUT2D eigenvalue weighted by molar-refractivity contribution is -0.133.